The molecule has 160 valence electrons. The van der Waals surface area contributed by atoms with Crippen LogP contribution in [0, 0.1) is 0 Å². The van der Waals surface area contributed by atoms with Gasteiger partial charge in [0.2, 0.25) is 11.9 Å². The number of carbonyl (C=O) groups is 3. The summed E-state index contributed by atoms with van der Waals surface area (Å²) >= 11 is 0.874. The van der Waals surface area contributed by atoms with Crippen molar-refractivity contribution in [2.24, 2.45) is 0 Å². The molecule has 0 saturated carbocycles. The summed E-state index contributed by atoms with van der Waals surface area (Å²) in [6.07, 6.45) is 7.92. The minimum atomic E-state index is -0.396. The maximum Gasteiger partial charge on any atom is 0.290 e. The van der Waals surface area contributed by atoms with Crippen molar-refractivity contribution < 1.29 is 14.4 Å². The van der Waals surface area contributed by atoms with Gasteiger partial charge >= 0.3 is 0 Å². The summed E-state index contributed by atoms with van der Waals surface area (Å²) in [4.78, 5) is 51.2. The SMILES string of the molecule is O=C1NC(=O)C(=Cc2ccnc(N3CCN(CC(=O)N4CCCCCC4)CC3)n2)S1. The van der Waals surface area contributed by atoms with Crippen LogP contribution < -0.4 is 10.2 Å². The number of rotatable bonds is 4. The van der Waals surface area contributed by atoms with Crippen LogP contribution in [0.5, 0.6) is 0 Å². The monoisotopic (exact) mass is 430 g/mol. The lowest BCUT2D eigenvalue weighted by Crippen LogP contribution is -2.50. The van der Waals surface area contributed by atoms with Gasteiger partial charge in [-0.25, -0.2) is 9.97 Å². The number of hydrogen-bond donors (Lipinski definition) is 1. The van der Waals surface area contributed by atoms with Gasteiger partial charge in [-0.2, -0.15) is 0 Å². The Balaban J connectivity index is 1.32. The summed E-state index contributed by atoms with van der Waals surface area (Å²) in [6.45, 7) is 5.28. The van der Waals surface area contributed by atoms with Crippen LogP contribution in [0.25, 0.3) is 6.08 Å². The van der Waals surface area contributed by atoms with Crippen molar-refractivity contribution in [2.45, 2.75) is 25.7 Å². The van der Waals surface area contributed by atoms with Gasteiger partial charge in [-0.15, -0.1) is 0 Å². The van der Waals surface area contributed by atoms with E-state index in [0.29, 0.717) is 23.1 Å². The molecule has 0 aliphatic carbocycles. The Hall–Kier alpha value is -2.46. The number of carbonyl (C=O) groups excluding carboxylic acids is 3. The Morgan fingerprint density at radius 1 is 1.07 bits per heavy atom. The predicted octanol–water partition coefficient (Wildman–Crippen LogP) is 1.33. The topological polar surface area (TPSA) is 98.7 Å². The Labute approximate surface area is 179 Å². The molecule has 30 heavy (non-hydrogen) atoms. The normalized spacial score (nSPS) is 22.3. The molecule has 3 fully saturated rings. The van der Waals surface area contributed by atoms with E-state index in [1.807, 2.05) is 4.90 Å². The van der Waals surface area contributed by atoms with E-state index in [9.17, 15) is 14.4 Å². The molecule has 3 amide bonds. The van der Waals surface area contributed by atoms with Crippen molar-refractivity contribution in [1.82, 2.24) is 25.1 Å². The number of nitrogens with one attached hydrogen (secondary N) is 1. The Bertz CT molecular complexity index is 845. The lowest BCUT2D eigenvalue weighted by atomic mass is 10.2. The molecule has 4 heterocycles. The van der Waals surface area contributed by atoms with E-state index < -0.39 is 5.91 Å². The van der Waals surface area contributed by atoms with E-state index in [4.69, 9.17) is 0 Å². The van der Waals surface area contributed by atoms with E-state index in [2.05, 4.69) is 25.1 Å². The second-order valence-electron chi connectivity index (χ2n) is 7.69. The van der Waals surface area contributed by atoms with Gasteiger partial charge in [0, 0.05) is 45.5 Å². The predicted molar refractivity (Wildman–Crippen MR) is 115 cm³/mol. The van der Waals surface area contributed by atoms with Crippen LogP contribution in [0.2, 0.25) is 0 Å². The fourth-order valence-electron chi connectivity index (χ4n) is 3.87. The number of amides is 3. The van der Waals surface area contributed by atoms with Gasteiger partial charge in [-0.1, -0.05) is 12.8 Å². The molecule has 1 aromatic rings. The second-order valence-corrected chi connectivity index (χ2v) is 8.71. The number of anilines is 1. The maximum absolute atomic E-state index is 12.6. The summed E-state index contributed by atoms with van der Waals surface area (Å²) in [6, 6.07) is 1.71. The molecule has 0 atom stereocenters. The second kappa shape index (κ2) is 9.57. The highest BCUT2D eigenvalue weighted by atomic mass is 32.2. The fourth-order valence-corrected chi connectivity index (χ4v) is 4.53. The van der Waals surface area contributed by atoms with Crippen molar-refractivity contribution in [1.29, 1.82) is 0 Å². The standard InChI is InChI=1S/C20H26N6O3S/c27-17(25-7-3-1-2-4-8-25)14-24-9-11-26(12-10-24)19-21-6-5-15(22-19)13-16-18(28)23-20(29)30-16/h5-6,13H,1-4,7-12,14H2,(H,23,28,29). The third-order valence-electron chi connectivity index (χ3n) is 5.56. The molecule has 4 rings (SSSR count). The maximum atomic E-state index is 12.6. The molecular formula is C20H26N6O3S. The minimum Gasteiger partial charge on any atom is -0.342 e. The molecule has 0 aromatic carbocycles. The molecule has 0 bridgehead atoms. The highest BCUT2D eigenvalue weighted by Crippen LogP contribution is 2.25. The molecule has 0 unspecified atom stereocenters. The molecule has 3 aliphatic rings. The average molecular weight is 431 g/mol. The number of thioether (sulfide) groups is 1. The van der Waals surface area contributed by atoms with Gasteiger partial charge in [0.05, 0.1) is 17.1 Å². The van der Waals surface area contributed by atoms with Crippen molar-refractivity contribution >= 4 is 40.8 Å². The lowest BCUT2D eigenvalue weighted by molar-refractivity contribution is -0.132. The van der Waals surface area contributed by atoms with Crippen LogP contribution in [0.15, 0.2) is 17.2 Å². The molecule has 3 aliphatic heterocycles. The molecule has 10 heteroatoms. The van der Waals surface area contributed by atoms with E-state index in [0.717, 1.165) is 63.9 Å². The zero-order valence-corrected chi connectivity index (χ0v) is 17.7. The van der Waals surface area contributed by atoms with Crippen LogP contribution in [0.4, 0.5) is 10.7 Å². The third kappa shape index (κ3) is 5.17. The number of aromatic nitrogens is 2. The summed E-state index contributed by atoms with van der Waals surface area (Å²) < 4.78 is 0. The molecule has 1 aromatic heterocycles. The molecule has 0 radical (unpaired) electrons. The Kier molecular flexibility index (Phi) is 6.63. The highest BCUT2D eigenvalue weighted by Gasteiger charge is 2.26. The van der Waals surface area contributed by atoms with Gasteiger partial charge in [0.1, 0.15) is 0 Å². The van der Waals surface area contributed by atoms with Crippen LogP contribution in [0.3, 0.4) is 0 Å². The summed E-state index contributed by atoms with van der Waals surface area (Å²) in [7, 11) is 0. The number of likely N-dealkylation sites (tertiary alicyclic amines) is 1. The smallest absolute Gasteiger partial charge is 0.290 e. The molecule has 0 spiro atoms. The largest absolute Gasteiger partial charge is 0.342 e. The highest BCUT2D eigenvalue weighted by molar-refractivity contribution is 8.18. The zero-order valence-electron chi connectivity index (χ0n) is 16.9. The van der Waals surface area contributed by atoms with Gasteiger partial charge in [-0.3, -0.25) is 24.6 Å². The number of hydrogen-bond acceptors (Lipinski definition) is 8. The first kappa shape index (κ1) is 20.8. The van der Waals surface area contributed by atoms with Crippen molar-refractivity contribution in [2.75, 3.05) is 50.7 Å². The summed E-state index contributed by atoms with van der Waals surface area (Å²) in [5.41, 5.74) is 0.589. The first-order chi connectivity index (χ1) is 14.6. The Morgan fingerprint density at radius 3 is 2.47 bits per heavy atom. The number of nitrogens with zero attached hydrogens (tertiary/aromatic N) is 5. The van der Waals surface area contributed by atoms with Crippen molar-refractivity contribution in [3.05, 3.63) is 22.9 Å². The van der Waals surface area contributed by atoms with Crippen LogP contribution >= 0.6 is 11.8 Å². The van der Waals surface area contributed by atoms with E-state index >= 15 is 0 Å². The molecule has 1 N–H and O–H groups in total. The lowest BCUT2D eigenvalue weighted by Gasteiger charge is -2.35. The zero-order chi connectivity index (χ0) is 20.9. The van der Waals surface area contributed by atoms with Crippen LogP contribution in [-0.4, -0.2) is 82.6 Å². The number of piperazine rings is 1. The quantitative estimate of drug-likeness (QED) is 0.715. The molecule has 9 nitrogen and oxygen atoms in total. The summed E-state index contributed by atoms with van der Waals surface area (Å²) in [5.74, 6) is 0.433. The van der Waals surface area contributed by atoms with Crippen LogP contribution in [-0.2, 0) is 9.59 Å². The van der Waals surface area contributed by atoms with Crippen molar-refractivity contribution in [3.63, 3.8) is 0 Å². The van der Waals surface area contributed by atoms with E-state index in [-0.39, 0.29) is 11.1 Å². The fraction of sp³-hybridized carbons (Fsp3) is 0.550. The van der Waals surface area contributed by atoms with Crippen LogP contribution in [0.1, 0.15) is 31.4 Å². The first-order valence-corrected chi connectivity index (χ1v) is 11.2. The van der Waals surface area contributed by atoms with Crippen molar-refractivity contribution in [3.8, 4) is 0 Å². The number of imide groups is 1. The molecular weight excluding hydrogens is 404 g/mol. The van der Waals surface area contributed by atoms with Gasteiger partial charge < -0.3 is 9.80 Å². The molecule has 3 saturated heterocycles. The summed E-state index contributed by atoms with van der Waals surface area (Å²) in [5, 5.41) is 1.87. The minimum absolute atomic E-state index is 0.233. The van der Waals surface area contributed by atoms with Gasteiger partial charge in [-0.05, 0) is 36.7 Å². The third-order valence-corrected chi connectivity index (χ3v) is 6.37. The van der Waals surface area contributed by atoms with Gasteiger partial charge in [0.15, 0.2) is 0 Å². The Morgan fingerprint density at radius 2 is 1.80 bits per heavy atom. The first-order valence-electron chi connectivity index (χ1n) is 10.4. The van der Waals surface area contributed by atoms with E-state index in [1.165, 1.54) is 12.8 Å². The van der Waals surface area contributed by atoms with Gasteiger partial charge in [0.25, 0.3) is 11.1 Å². The average Bonchev–Trinajstić information content (AvgIpc) is 2.93. The van der Waals surface area contributed by atoms with E-state index in [1.54, 1.807) is 18.3 Å².